The van der Waals surface area contributed by atoms with Gasteiger partial charge in [0.25, 0.3) is 0 Å². The molecule has 0 aromatic heterocycles. The zero-order valence-corrected chi connectivity index (χ0v) is 15.1. The van der Waals surface area contributed by atoms with Crippen LogP contribution in [0.3, 0.4) is 0 Å². The van der Waals surface area contributed by atoms with Gasteiger partial charge in [-0.25, -0.2) is 4.79 Å². The maximum atomic E-state index is 12.2. The molecule has 2 aromatic rings. The van der Waals surface area contributed by atoms with Crippen LogP contribution in [-0.2, 0) is 20.9 Å². The number of rotatable bonds is 3. The fraction of sp³-hybridized carbons (Fsp3) is 0.350. The zero-order chi connectivity index (χ0) is 18.2. The Bertz CT molecular complexity index is 858. The summed E-state index contributed by atoms with van der Waals surface area (Å²) < 4.78 is 22.4. The van der Waals surface area contributed by atoms with Crippen LogP contribution >= 0.6 is 0 Å². The van der Waals surface area contributed by atoms with Crippen LogP contribution in [0.4, 0.5) is 0 Å². The predicted octanol–water partition coefficient (Wildman–Crippen LogP) is 4.07. The van der Waals surface area contributed by atoms with E-state index in [0.29, 0.717) is 18.1 Å². The van der Waals surface area contributed by atoms with Crippen molar-refractivity contribution in [3.8, 4) is 11.5 Å². The van der Waals surface area contributed by atoms with Crippen molar-refractivity contribution in [1.29, 1.82) is 0 Å². The van der Waals surface area contributed by atoms with Crippen LogP contribution in [0, 0.1) is 0 Å². The quantitative estimate of drug-likeness (QED) is 0.622. The Labute approximate surface area is 147 Å². The minimum Gasteiger partial charge on any atom is -0.496 e. The van der Waals surface area contributed by atoms with Crippen molar-refractivity contribution in [3.63, 3.8) is 0 Å². The molecule has 3 rings (SSSR count). The number of benzene rings is 2. The van der Waals surface area contributed by atoms with Gasteiger partial charge in [0.1, 0.15) is 29.5 Å². The van der Waals surface area contributed by atoms with E-state index >= 15 is 0 Å². The fourth-order valence-corrected chi connectivity index (χ4v) is 3.04. The Morgan fingerprint density at radius 1 is 1.08 bits per heavy atom. The summed E-state index contributed by atoms with van der Waals surface area (Å²) in [5, 5.41) is 1.85. The average molecular weight is 342 g/mol. The normalized spacial score (nSPS) is 15.0. The van der Waals surface area contributed by atoms with E-state index in [1.54, 1.807) is 14.2 Å². The molecule has 5 heteroatoms. The van der Waals surface area contributed by atoms with Crippen LogP contribution < -0.4 is 9.47 Å². The molecule has 0 spiro atoms. The molecule has 0 aliphatic carbocycles. The first kappa shape index (κ1) is 17.1. The zero-order valence-electron chi connectivity index (χ0n) is 15.1. The highest BCUT2D eigenvalue weighted by Crippen LogP contribution is 2.47. The van der Waals surface area contributed by atoms with Gasteiger partial charge in [0, 0.05) is 16.3 Å². The molecule has 5 nitrogen and oxygen atoms in total. The van der Waals surface area contributed by atoms with Gasteiger partial charge < -0.3 is 18.9 Å². The summed E-state index contributed by atoms with van der Waals surface area (Å²) in [5.74, 6) is 1.38. The van der Waals surface area contributed by atoms with E-state index in [9.17, 15) is 4.79 Å². The number of methoxy groups -OCH3 is 2. The molecule has 0 unspecified atom stereocenters. The Hall–Kier alpha value is -2.69. The predicted molar refractivity (Wildman–Crippen MR) is 95.7 cm³/mol. The maximum absolute atomic E-state index is 12.2. The molecular weight excluding hydrogens is 320 g/mol. The van der Waals surface area contributed by atoms with Crippen LogP contribution in [0.1, 0.15) is 31.9 Å². The first-order chi connectivity index (χ1) is 11.9. The molecule has 0 bridgehead atoms. The summed E-state index contributed by atoms with van der Waals surface area (Å²) in [7, 11) is 3.24. The van der Waals surface area contributed by atoms with Crippen molar-refractivity contribution in [2.24, 2.45) is 0 Å². The van der Waals surface area contributed by atoms with Crippen LogP contribution in [0.2, 0.25) is 0 Å². The highest BCUT2D eigenvalue weighted by atomic mass is 16.6. The number of hydrogen-bond donors (Lipinski definition) is 0. The number of esters is 1. The Balaban J connectivity index is 2.19. The fourth-order valence-electron chi connectivity index (χ4n) is 3.04. The molecule has 132 valence electrons. The molecule has 0 saturated heterocycles. The van der Waals surface area contributed by atoms with Crippen molar-refractivity contribution < 1.29 is 23.7 Å². The molecule has 0 N–H and O–H groups in total. The lowest BCUT2D eigenvalue weighted by molar-refractivity contribution is -0.148. The van der Waals surface area contributed by atoms with Gasteiger partial charge in [0.15, 0.2) is 0 Å². The third-order valence-corrected chi connectivity index (χ3v) is 3.90. The van der Waals surface area contributed by atoms with E-state index in [0.717, 1.165) is 27.6 Å². The van der Waals surface area contributed by atoms with E-state index in [-0.39, 0.29) is 0 Å². The first-order valence-corrected chi connectivity index (χ1v) is 8.09. The van der Waals surface area contributed by atoms with Crippen molar-refractivity contribution in [2.45, 2.75) is 33.0 Å². The van der Waals surface area contributed by atoms with Gasteiger partial charge in [-0.05, 0) is 20.8 Å². The van der Waals surface area contributed by atoms with Crippen LogP contribution in [0.5, 0.6) is 11.5 Å². The Morgan fingerprint density at radius 2 is 1.68 bits per heavy atom. The third kappa shape index (κ3) is 3.14. The number of carbonyl (C=O) groups excluding carboxylic acids is 1. The maximum Gasteiger partial charge on any atom is 0.335 e. The smallest absolute Gasteiger partial charge is 0.335 e. The first-order valence-electron chi connectivity index (χ1n) is 8.09. The number of carbonyl (C=O) groups is 1. The summed E-state index contributed by atoms with van der Waals surface area (Å²) in [5.41, 5.74) is 1.04. The molecule has 1 aliphatic heterocycles. The second kappa shape index (κ2) is 6.31. The van der Waals surface area contributed by atoms with E-state index in [4.69, 9.17) is 18.9 Å². The molecule has 2 aromatic carbocycles. The van der Waals surface area contributed by atoms with Gasteiger partial charge >= 0.3 is 5.97 Å². The Kier molecular flexibility index (Phi) is 4.33. The van der Waals surface area contributed by atoms with Gasteiger partial charge in [0.2, 0.25) is 0 Å². The molecule has 0 amide bonds. The molecule has 1 aliphatic rings. The second-order valence-corrected chi connectivity index (χ2v) is 6.80. The molecule has 0 fully saturated rings. The molecule has 0 atom stereocenters. The average Bonchev–Trinajstić information content (AvgIpc) is 2.94. The van der Waals surface area contributed by atoms with Crippen molar-refractivity contribution in [2.75, 3.05) is 14.2 Å². The summed E-state index contributed by atoms with van der Waals surface area (Å²) in [6, 6.07) is 7.82. The topological polar surface area (TPSA) is 54.0 Å². The molecule has 0 radical (unpaired) electrons. The molecule has 1 heterocycles. The highest BCUT2D eigenvalue weighted by molar-refractivity contribution is 6.02. The SMILES string of the molecule is COc1c2c(c(OC)c3ccccc13)/C(=C/C(=O)OC(C)(C)C)OC2. The number of fused-ring (bicyclic) bond motifs is 2. The summed E-state index contributed by atoms with van der Waals surface area (Å²) in [4.78, 5) is 12.2. The van der Waals surface area contributed by atoms with Crippen LogP contribution in [0.15, 0.2) is 30.3 Å². The lowest BCUT2D eigenvalue weighted by Gasteiger charge is -2.18. The third-order valence-electron chi connectivity index (χ3n) is 3.90. The van der Waals surface area contributed by atoms with E-state index in [1.165, 1.54) is 6.08 Å². The number of hydrogen-bond acceptors (Lipinski definition) is 5. The lowest BCUT2D eigenvalue weighted by atomic mass is 9.98. The summed E-state index contributed by atoms with van der Waals surface area (Å²) in [6.07, 6.45) is 1.37. The van der Waals surface area contributed by atoms with E-state index in [1.807, 2.05) is 45.0 Å². The van der Waals surface area contributed by atoms with E-state index < -0.39 is 11.6 Å². The molecule has 25 heavy (non-hydrogen) atoms. The highest BCUT2D eigenvalue weighted by Gasteiger charge is 2.30. The van der Waals surface area contributed by atoms with Gasteiger partial charge in [0.05, 0.1) is 25.9 Å². The minimum absolute atomic E-state index is 0.314. The van der Waals surface area contributed by atoms with Crippen molar-refractivity contribution in [1.82, 2.24) is 0 Å². The Morgan fingerprint density at radius 3 is 2.24 bits per heavy atom. The van der Waals surface area contributed by atoms with Crippen LogP contribution in [0.25, 0.3) is 16.5 Å². The minimum atomic E-state index is -0.569. The van der Waals surface area contributed by atoms with Gasteiger partial charge in [-0.3, -0.25) is 0 Å². The van der Waals surface area contributed by atoms with Crippen molar-refractivity contribution in [3.05, 3.63) is 41.5 Å². The van der Waals surface area contributed by atoms with Crippen molar-refractivity contribution >= 4 is 22.5 Å². The number of ether oxygens (including phenoxy) is 4. The standard InChI is InChI=1S/C20H22O5/c1-20(2,3)25-16(21)10-15-17-14(11-24-15)18(22-4)12-8-6-7-9-13(12)19(17)23-5/h6-10H,11H2,1-5H3/b15-10-. The summed E-state index contributed by atoms with van der Waals surface area (Å²) in [6.45, 7) is 5.78. The van der Waals surface area contributed by atoms with Gasteiger partial charge in [-0.1, -0.05) is 24.3 Å². The van der Waals surface area contributed by atoms with E-state index in [2.05, 4.69) is 0 Å². The molecule has 0 saturated carbocycles. The molecular formula is C20H22O5. The van der Waals surface area contributed by atoms with Gasteiger partial charge in [-0.15, -0.1) is 0 Å². The lowest BCUT2D eigenvalue weighted by Crippen LogP contribution is -2.22. The largest absolute Gasteiger partial charge is 0.496 e. The summed E-state index contributed by atoms with van der Waals surface area (Å²) >= 11 is 0. The van der Waals surface area contributed by atoms with Crippen LogP contribution in [-0.4, -0.2) is 25.8 Å². The van der Waals surface area contributed by atoms with Gasteiger partial charge in [-0.2, -0.15) is 0 Å². The second-order valence-electron chi connectivity index (χ2n) is 6.80. The monoisotopic (exact) mass is 342 g/mol.